The maximum Gasteiger partial charge on any atom is 0.0985 e. The maximum atomic E-state index is 6.14. The van der Waals surface area contributed by atoms with Crippen LogP contribution in [0.4, 0.5) is 5.69 Å². The number of aromatic nitrogens is 1. The summed E-state index contributed by atoms with van der Waals surface area (Å²) in [6.07, 6.45) is 0. The smallest absolute Gasteiger partial charge is 0.0985 e. The summed E-state index contributed by atoms with van der Waals surface area (Å²) in [7, 11) is 0. The second-order valence-electron chi connectivity index (χ2n) is 6.19. The average molecular weight is 388 g/mol. The number of hydrogen-bond acceptors (Lipinski definition) is 3. The topological polar surface area (TPSA) is 24.9 Å². The van der Waals surface area contributed by atoms with Gasteiger partial charge in [-0.15, -0.1) is 11.3 Å². The Hall–Kier alpha value is -0.580. The summed E-state index contributed by atoms with van der Waals surface area (Å²) in [6.45, 7) is 10.8. The van der Waals surface area contributed by atoms with E-state index in [-0.39, 0.29) is 11.5 Å². The number of benzene rings is 1. The number of hydrogen-bond donors (Lipinski definition) is 1. The SMILES string of the molecule is Cc1nc(C(C)(C)C)sc1C(C)Nc1cccc(Cl)c1Br. The van der Waals surface area contributed by atoms with Gasteiger partial charge < -0.3 is 5.32 Å². The molecule has 0 aliphatic carbocycles. The van der Waals surface area contributed by atoms with Crippen molar-refractivity contribution in [2.24, 2.45) is 0 Å². The second-order valence-corrected chi connectivity index (χ2v) is 8.42. The lowest BCUT2D eigenvalue weighted by molar-refractivity contribution is 0.584. The van der Waals surface area contributed by atoms with Crippen molar-refractivity contribution in [3.63, 3.8) is 0 Å². The van der Waals surface area contributed by atoms with Crippen LogP contribution in [0.15, 0.2) is 22.7 Å². The summed E-state index contributed by atoms with van der Waals surface area (Å²) < 4.78 is 0.900. The third-order valence-electron chi connectivity index (χ3n) is 3.19. The van der Waals surface area contributed by atoms with E-state index >= 15 is 0 Å². The van der Waals surface area contributed by atoms with Crippen LogP contribution in [0.5, 0.6) is 0 Å². The van der Waals surface area contributed by atoms with E-state index in [1.165, 1.54) is 9.88 Å². The summed E-state index contributed by atoms with van der Waals surface area (Å²) in [5.41, 5.74) is 2.19. The molecule has 1 heterocycles. The van der Waals surface area contributed by atoms with Crippen LogP contribution < -0.4 is 5.32 Å². The third kappa shape index (κ3) is 3.79. The molecule has 5 heteroatoms. The monoisotopic (exact) mass is 386 g/mol. The van der Waals surface area contributed by atoms with Crippen LogP contribution in [0.2, 0.25) is 5.02 Å². The molecule has 0 amide bonds. The molecule has 1 aromatic carbocycles. The van der Waals surface area contributed by atoms with Gasteiger partial charge in [-0.3, -0.25) is 0 Å². The molecule has 1 unspecified atom stereocenters. The van der Waals surface area contributed by atoms with Crippen molar-refractivity contribution in [2.45, 2.75) is 46.1 Å². The molecule has 0 spiro atoms. The summed E-state index contributed by atoms with van der Waals surface area (Å²) in [4.78, 5) is 6.00. The number of nitrogens with one attached hydrogen (secondary N) is 1. The number of thiazole rings is 1. The Balaban J connectivity index is 2.27. The first-order valence-electron chi connectivity index (χ1n) is 6.88. The second kappa shape index (κ2) is 6.27. The molecular weight excluding hydrogens is 368 g/mol. The summed E-state index contributed by atoms with van der Waals surface area (Å²) in [6, 6.07) is 6.03. The van der Waals surface area contributed by atoms with Crippen LogP contribution >= 0.6 is 38.9 Å². The summed E-state index contributed by atoms with van der Waals surface area (Å²) in [5.74, 6) is 0. The molecule has 2 rings (SSSR count). The molecule has 0 fully saturated rings. The normalized spacial score (nSPS) is 13.3. The van der Waals surface area contributed by atoms with Gasteiger partial charge in [0.25, 0.3) is 0 Å². The van der Waals surface area contributed by atoms with Gasteiger partial charge in [0.05, 0.1) is 31.9 Å². The number of anilines is 1. The Kier molecular flexibility index (Phi) is 5.01. The van der Waals surface area contributed by atoms with Crippen molar-refractivity contribution in [3.05, 3.63) is 43.3 Å². The summed E-state index contributed by atoms with van der Waals surface area (Å²) >= 11 is 11.5. The first-order valence-corrected chi connectivity index (χ1v) is 8.87. The molecule has 21 heavy (non-hydrogen) atoms. The van der Waals surface area contributed by atoms with Crippen molar-refractivity contribution >= 4 is 44.6 Å². The summed E-state index contributed by atoms with van der Waals surface area (Å²) in [5, 5.41) is 5.40. The third-order valence-corrected chi connectivity index (χ3v) is 6.35. The lowest BCUT2D eigenvalue weighted by Gasteiger charge is -2.17. The van der Waals surface area contributed by atoms with E-state index in [0.717, 1.165) is 15.9 Å². The molecule has 0 aliphatic heterocycles. The number of rotatable bonds is 3. The number of aryl methyl sites for hydroxylation is 1. The van der Waals surface area contributed by atoms with Gasteiger partial charge in [0.1, 0.15) is 0 Å². The highest BCUT2D eigenvalue weighted by atomic mass is 79.9. The predicted octanol–water partition coefficient (Wildman–Crippen LogP) is 6.34. The van der Waals surface area contributed by atoms with Crippen LogP contribution in [0, 0.1) is 6.92 Å². The van der Waals surface area contributed by atoms with Gasteiger partial charge >= 0.3 is 0 Å². The van der Waals surface area contributed by atoms with Crippen LogP contribution in [-0.2, 0) is 5.41 Å². The van der Waals surface area contributed by atoms with Crippen molar-refractivity contribution < 1.29 is 0 Å². The van der Waals surface area contributed by atoms with E-state index in [9.17, 15) is 0 Å². The van der Waals surface area contributed by atoms with Crippen LogP contribution in [0.25, 0.3) is 0 Å². The van der Waals surface area contributed by atoms with E-state index in [1.54, 1.807) is 11.3 Å². The molecule has 2 aromatic rings. The molecule has 2 nitrogen and oxygen atoms in total. The van der Waals surface area contributed by atoms with E-state index in [1.807, 2.05) is 18.2 Å². The zero-order valence-electron chi connectivity index (χ0n) is 12.9. The van der Waals surface area contributed by atoms with E-state index in [0.29, 0.717) is 5.02 Å². The minimum Gasteiger partial charge on any atom is -0.377 e. The lowest BCUT2D eigenvalue weighted by atomic mass is 9.98. The van der Waals surface area contributed by atoms with Crippen LogP contribution in [0.3, 0.4) is 0 Å². The fraction of sp³-hybridized carbons (Fsp3) is 0.438. The molecule has 114 valence electrons. The van der Waals surface area contributed by atoms with Gasteiger partial charge in [0.15, 0.2) is 0 Å². The number of nitrogens with zero attached hydrogens (tertiary/aromatic N) is 1. The Bertz CT molecular complexity index is 646. The van der Waals surface area contributed by atoms with Crippen LogP contribution in [0.1, 0.15) is 49.3 Å². The van der Waals surface area contributed by atoms with Gasteiger partial charge in [-0.05, 0) is 41.9 Å². The Morgan fingerprint density at radius 1 is 1.33 bits per heavy atom. The highest BCUT2D eigenvalue weighted by Gasteiger charge is 2.22. The molecule has 0 aliphatic rings. The fourth-order valence-corrected chi connectivity index (χ4v) is 3.72. The maximum absolute atomic E-state index is 6.14. The van der Waals surface area contributed by atoms with E-state index in [2.05, 4.69) is 55.9 Å². The largest absolute Gasteiger partial charge is 0.377 e. The first-order chi connectivity index (χ1) is 9.70. The Morgan fingerprint density at radius 3 is 2.57 bits per heavy atom. The van der Waals surface area contributed by atoms with Gasteiger partial charge in [0.2, 0.25) is 0 Å². The Labute approximate surface area is 144 Å². The van der Waals surface area contributed by atoms with Crippen molar-refractivity contribution in [1.29, 1.82) is 0 Å². The zero-order valence-corrected chi connectivity index (χ0v) is 16.1. The van der Waals surface area contributed by atoms with Crippen LogP contribution in [-0.4, -0.2) is 4.98 Å². The average Bonchev–Trinajstić information content (AvgIpc) is 2.77. The van der Waals surface area contributed by atoms with Gasteiger partial charge in [0, 0.05) is 10.3 Å². The van der Waals surface area contributed by atoms with Gasteiger partial charge in [-0.2, -0.15) is 0 Å². The Morgan fingerprint density at radius 2 is 2.00 bits per heavy atom. The lowest BCUT2D eigenvalue weighted by Crippen LogP contribution is -2.10. The van der Waals surface area contributed by atoms with Crippen molar-refractivity contribution in [3.8, 4) is 0 Å². The standard InChI is InChI=1S/C16H20BrClN2S/c1-9(19-12-8-6-7-11(18)13(12)17)14-10(2)20-15(21-14)16(3,4)5/h6-9,19H,1-5H3. The molecule has 1 N–H and O–H groups in total. The highest BCUT2D eigenvalue weighted by Crippen LogP contribution is 2.36. The minimum absolute atomic E-state index is 0.0873. The quantitative estimate of drug-likeness (QED) is 0.664. The fourth-order valence-electron chi connectivity index (χ4n) is 2.04. The molecule has 1 aromatic heterocycles. The van der Waals surface area contributed by atoms with E-state index in [4.69, 9.17) is 16.6 Å². The first kappa shape index (κ1) is 16.8. The minimum atomic E-state index is 0.0873. The van der Waals surface area contributed by atoms with Crippen molar-refractivity contribution in [2.75, 3.05) is 5.32 Å². The molecule has 0 radical (unpaired) electrons. The van der Waals surface area contributed by atoms with Gasteiger partial charge in [-0.1, -0.05) is 38.4 Å². The molecule has 0 bridgehead atoms. The van der Waals surface area contributed by atoms with E-state index < -0.39 is 0 Å². The highest BCUT2D eigenvalue weighted by molar-refractivity contribution is 9.10. The number of halogens is 2. The molecule has 1 atom stereocenters. The molecule has 0 saturated heterocycles. The predicted molar refractivity (Wildman–Crippen MR) is 96.7 cm³/mol. The molecular formula is C16H20BrClN2S. The molecule has 0 saturated carbocycles. The van der Waals surface area contributed by atoms with Crippen molar-refractivity contribution in [1.82, 2.24) is 4.98 Å². The zero-order chi connectivity index (χ0) is 15.8. The van der Waals surface area contributed by atoms with Gasteiger partial charge in [-0.25, -0.2) is 4.98 Å².